The molecule has 1 fully saturated rings. The van der Waals surface area contributed by atoms with Crippen LogP contribution in [0.1, 0.15) is 25.8 Å². The van der Waals surface area contributed by atoms with E-state index in [1.165, 1.54) is 29.2 Å². The lowest BCUT2D eigenvalue weighted by Crippen LogP contribution is -2.52. The number of carbonyl (C=O) groups is 1. The maximum atomic E-state index is 13.2. The third-order valence-corrected chi connectivity index (χ3v) is 6.64. The van der Waals surface area contributed by atoms with Gasteiger partial charge in [0, 0.05) is 0 Å². The zero-order valence-corrected chi connectivity index (χ0v) is 17.2. The number of aryl methyl sites for hydroxylation is 1. The molecule has 1 heterocycles. The molecule has 0 N–H and O–H groups in total. The van der Waals surface area contributed by atoms with Crippen molar-refractivity contribution in [1.82, 2.24) is 4.90 Å². The van der Waals surface area contributed by atoms with E-state index < -0.39 is 26.5 Å². The molecular weight excluding hydrogens is 390 g/mol. The van der Waals surface area contributed by atoms with E-state index in [9.17, 15) is 18.7 Å². The molecule has 8 heteroatoms. The van der Waals surface area contributed by atoms with Crippen LogP contribution in [0, 0.1) is 0 Å². The van der Waals surface area contributed by atoms with Gasteiger partial charge in [0.2, 0.25) is 0 Å². The van der Waals surface area contributed by atoms with Gasteiger partial charge in [-0.25, -0.2) is 8.42 Å². The van der Waals surface area contributed by atoms with Crippen molar-refractivity contribution in [1.29, 1.82) is 0 Å². The van der Waals surface area contributed by atoms with Crippen molar-refractivity contribution >= 4 is 20.8 Å². The van der Waals surface area contributed by atoms with E-state index in [2.05, 4.69) is 4.79 Å². The van der Waals surface area contributed by atoms with Crippen LogP contribution in [0.2, 0.25) is 0 Å². The third kappa shape index (κ3) is 4.29. The molecule has 0 aromatic heterocycles. The minimum absolute atomic E-state index is 0.111. The van der Waals surface area contributed by atoms with E-state index in [1.54, 1.807) is 19.9 Å². The van der Waals surface area contributed by atoms with Crippen LogP contribution in [-0.4, -0.2) is 47.4 Å². The Morgan fingerprint density at radius 2 is 1.72 bits per heavy atom. The monoisotopic (exact) mass is 413 g/mol. The van der Waals surface area contributed by atoms with Crippen molar-refractivity contribution in [3.05, 3.63) is 71.8 Å². The molecule has 2 aromatic rings. The Morgan fingerprint density at radius 3 is 2.31 bits per heavy atom. The zero-order valence-electron chi connectivity index (χ0n) is 16.4. The number of benzene rings is 2. The predicted molar refractivity (Wildman–Crippen MR) is 108 cm³/mol. The fraction of sp³-hybridized carbons (Fsp3) is 0.333. The summed E-state index contributed by atoms with van der Waals surface area (Å²) in [5.41, 5.74) is 9.52. The average Bonchev–Trinajstić information content (AvgIpc) is 3.02. The van der Waals surface area contributed by atoms with Gasteiger partial charge >= 0.3 is 11.0 Å². The van der Waals surface area contributed by atoms with Crippen LogP contribution in [-0.2, 0) is 25.8 Å². The van der Waals surface area contributed by atoms with Crippen LogP contribution in [0.3, 0.4) is 0 Å². The van der Waals surface area contributed by atoms with E-state index in [-0.39, 0.29) is 17.5 Å². The minimum atomic E-state index is -4.28. The van der Waals surface area contributed by atoms with Crippen molar-refractivity contribution in [2.24, 2.45) is 0 Å². The van der Waals surface area contributed by atoms with Gasteiger partial charge in [-0.1, -0.05) is 48.5 Å². The van der Waals surface area contributed by atoms with Crippen molar-refractivity contribution in [3.63, 3.8) is 0 Å². The molecule has 29 heavy (non-hydrogen) atoms. The first-order valence-electron chi connectivity index (χ1n) is 9.31. The molecule has 0 bridgehead atoms. The average molecular weight is 413 g/mol. The minimum Gasteiger partial charge on any atom is -0.360 e. The Kier molecular flexibility index (Phi) is 5.98. The highest BCUT2D eigenvalue weighted by atomic mass is 32.2. The number of carbonyl (C=O) groups excluding carboxylic acids is 1. The van der Waals surface area contributed by atoms with E-state index >= 15 is 0 Å². The van der Waals surface area contributed by atoms with Crippen molar-refractivity contribution in [3.8, 4) is 0 Å². The summed E-state index contributed by atoms with van der Waals surface area (Å²) >= 11 is 0. The van der Waals surface area contributed by atoms with E-state index in [1.807, 2.05) is 30.3 Å². The summed E-state index contributed by atoms with van der Waals surface area (Å²) in [6.07, 6.45) is 1.29. The molecule has 1 aliphatic rings. The van der Waals surface area contributed by atoms with E-state index in [4.69, 9.17) is 4.74 Å². The summed E-state index contributed by atoms with van der Waals surface area (Å²) in [6, 6.07) is 16.9. The van der Waals surface area contributed by atoms with Gasteiger partial charge in [-0.2, -0.15) is 0 Å². The van der Waals surface area contributed by atoms with Crippen LogP contribution < -0.4 is 0 Å². The zero-order chi connectivity index (χ0) is 21.1. The second-order valence-electron chi connectivity index (χ2n) is 7.33. The summed E-state index contributed by atoms with van der Waals surface area (Å²) in [6.45, 7) is 3.66. The lowest BCUT2D eigenvalue weighted by Gasteiger charge is -2.32. The molecule has 1 saturated heterocycles. The number of rotatable bonds is 4. The normalized spacial score (nSPS) is 18.3. The van der Waals surface area contributed by atoms with Gasteiger partial charge in [-0.05, 0) is 44.4 Å². The van der Waals surface area contributed by atoms with Crippen LogP contribution >= 0.6 is 0 Å². The number of sulfone groups is 1. The number of hydrogen-bond acceptors (Lipinski definition) is 4. The lowest BCUT2D eigenvalue weighted by atomic mass is 10.0. The molecule has 0 spiro atoms. The van der Waals surface area contributed by atoms with Crippen LogP contribution in [0.5, 0.6) is 0 Å². The van der Waals surface area contributed by atoms with E-state index in [0.717, 1.165) is 5.56 Å². The van der Waals surface area contributed by atoms with Gasteiger partial charge < -0.3 is 10.3 Å². The topological polar surface area (TPSA) is 100 Å². The van der Waals surface area contributed by atoms with Crippen LogP contribution in [0.15, 0.2) is 65.6 Å². The molecular formula is C21H23N3O4S. The van der Waals surface area contributed by atoms with Gasteiger partial charge in [-0.3, -0.25) is 9.69 Å². The highest BCUT2D eigenvalue weighted by molar-refractivity contribution is 8.08. The summed E-state index contributed by atoms with van der Waals surface area (Å²) in [4.78, 5) is 17.3. The molecule has 1 amide bonds. The molecule has 1 atom stereocenters. The van der Waals surface area contributed by atoms with Gasteiger partial charge in [0.25, 0.3) is 9.84 Å². The lowest BCUT2D eigenvalue weighted by molar-refractivity contribution is -0.142. The third-order valence-electron chi connectivity index (χ3n) is 4.98. The first kappa shape index (κ1) is 20.9. The number of ether oxygens (including phenoxy) is 1. The Balaban J connectivity index is 1.88. The fourth-order valence-electron chi connectivity index (χ4n) is 3.51. The van der Waals surface area contributed by atoms with Gasteiger partial charge in [-0.15, -0.1) is 4.79 Å². The van der Waals surface area contributed by atoms with Crippen LogP contribution in [0.25, 0.3) is 5.53 Å². The largest absolute Gasteiger partial charge is 0.473 e. The molecule has 7 nitrogen and oxygen atoms in total. The first-order chi connectivity index (χ1) is 13.8. The second-order valence-corrected chi connectivity index (χ2v) is 9.20. The van der Waals surface area contributed by atoms with Gasteiger partial charge in [0.1, 0.15) is 5.72 Å². The van der Waals surface area contributed by atoms with Gasteiger partial charge in [0.15, 0.2) is 0 Å². The molecule has 0 saturated carbocycles. The van der Waals surface area contributed by atoms with Crippen molar-refractivity contribution < 1.29 is 22.7 Å². The summed E-state index contributed by atoms with van der Waals surface area (Å²) < 4.78 is 31.5. The standard InChI is InChI=1S/C21H23N3O4S/c1-21(2)24(17(15-28-21)14-13-16-9-5-3-6-10-16)20(25)19(23-22)29(26,27)18-11-7-4-8-12-18/h3-12,17H,13-15H2,1-2H3/t17-/m0/s1. The first-order valence-corrected chi connectivity index (χ1v) is 10.8. The Hall–Kier alpha value is -2.80. The van der Waals surface area contributed by atoms with Crippen LogP contribution in [0.4, 0.5) is 0 Å². The highest BCUT2D eigenvalue weighted by Crippen LogP contribution is 2.31. The van der Waals surface area contributed by atoms with Crippen molar-refractivity contribution in [2.75, 3.05) is 6.61 Å². The molecule has 152 valence electrons. The highest BCUT2D eigenvalue weighted by Gasteiger charge is 2.51. The summed E-state index contributed by atoms with van der Waals surface area (Å²) in [5.74, 6) is -0.878. The molecule has 3 rings (SSSR count). The maximum Gasteiger partial charge on any atom is 0.473 e. The predicted octanol–water partition coefficient (Wildman–Crippen LogP) is 2.68. The number of nitrogens with zero attached hydrogens (tertiary/aromatic N) is 3. The SMILES string of the molecule is CC1(C)OC[C@H](CCc2ccccc2)N1C(=O)C(=[N+]=[N-])S(=O)(=O)c1ccccc1. The number of amides is 1. The summed E-state index contributed by atoms with van der Waals surface area (Å²) in [5, 5.41) is -0.910. The number of hydrogen-bond donors (Lipinski definition) is 0. The maximum absolute atomic E-state index is 13.2. The second kappa shape index (κ2) is 8.29. The Bertz CT molecular complexity index is 1030. The molecule has 0 aliphatic carbocycles. The molecule has 0 radical (unpaired) electrons. The van der Waals surface area contributed by atoms with Crippen molar-refractivity contribution in [2.45, 2.75) is 43.4 Å². The molecule has 0 unspecified atom stereocenters. The Morgan fingerprint density at radius 1 is 1.14 bits per heavy atom. The quantitative estimate of drug-likeness (QED) is 0.333. The Labute approximate surface area is 170 Å². The van der Waals surface area contributed by atoms with E-state index in [0.29, 0.717) is 12.8 Å². The molecule has 1 aliphatic heterocycles. The fourth-order valence-corrected chi connectivity index (χ4v) is 4.68. The van der Waals surface area contributed by atoms with Gasteiger partial charge in [0.05, 0.1) is 17.5 Å². The molecule has 2 aromatic carbocycles. The smallest absolute Gasteiger partial charge is 0.360 e. The summed E-state index contributed by atoms with van der Waals surface area (Å²) in [7, 11) is -4.28.